The highest BCUT2D eigenvalue weighted by Gasteiger charge is 2.47. The summed E-state index contributed by atoms with van der Waals surface area (Å²) >= 11 is 5.83. The fourth-order valence-electron chi connectivity index (χ4n) is 2.54. The van der Waals surface area contributed by atoms with Gasteiger partial charge in [0.25, 0.3) is 0 Å². The monoisotopic (exact) mass is 367 g/mol. The molecule has 1 aromatic rings. The average Bonchev–Trinajstić information content (AvgIpc) is 3.06. The second kappa shape index (κ2) is 6.57. The van der Waals surface area contributed by atoms with E-state index in [-0.39, 0.29) is 17.2 Å². The third-order valence-corrected chi connectivity index (χ3v) is 4.11. The molecule has 0 aromatic heterocycles. The number of ketones is 1. The van der Waals surface area contributed by atoms with Crippen molar-refractivity contribution in [2.45, 2.75) is 18.0 Å². The van der Waals surface area contributed by atoms with Crippen molar-refractivity contribution in [3.05, 3.63) is 59.0 Å². The van der Waals surface area contributed by atoms with Gasteiger partial charge < -0.3 is 15.2 Å². The zero-order valence-electron chi connectivity index (χ0n) is 12.9. The highest BCUT2D eigenvalue weighted by atomic mass is 35.5. The zero-order chi connectivity index (χ0) is 18.2. The second-order valence-electron chi connectivity index (χ2n) is 5.59. The van der Waals surface area contributed by atoms with Crippen LogP contribution in [-0.2, 0) is 4.74 Å². The molecular weight excluding hydrogens is 353 g/mol. The number of carbonyl (C=O) groups excluding carboxylic acids is 2. The quantitative estimate of drug-likeness (QED) is 0.549. The normalized spacial score (nSPS) is 28.7. The van der Waals surface area contributed by atoms with Gasteiger partial charge in [-0.1, -0.05) is 29.8 Å². The van der Waals surface area contributed by atoms with E-state index in [0.29, 0.717) is 0 Å². The summed E-state index contributed by atoms with van der Waals surface area (Å²) < 4.78 is 20.0. The molecule has 9 heteroatoms. The summed E-state index contributed by atoms with van der Waals surface area (Å²) in [5, 5.41) is 11.5. The maximum Gasteiger partial charge on any atom is 0.326 e. The Kier molecular flexibility index (Phi) is 4.61. The fourth-order valence-corrected chi connectivity index (χ4v) is 2.73. The predicted octanol–water partition coefficient (Wildman–Crippen LogP) is 1.29. The molecule has 132 valence electrons. The third kappa shape index (κ3) is 3.16. The first-order valence-corrected chi connectivity index (χ1v) is 7.75. The Morgan fingerprint density at radius 1 is 1.48 bits per heavy atom. The number of carbonyl (C=O) groups is 2. The summed E-state index contributed by atoms with van der Waals surface area (Å²) in [7, 11) is 0. The number of nitrogens with one attached hydrogen (secondary N) is 1. The SMILES string of the molecule is NC1(C(=O)c2cccc(Cl)c2)NC(=O)N([C@H]2C=C[C@@H](CO)O2)C=C1F. The lowest BCUT2D eigenvalue weighted by Gasteiger charge is -2.37. The number of hydrogen-bond acceptors (Lipinski definition) is 5. The van der Waals surface area contributed by atoms with Gasteiger partial charge in [0, 0.05) is 16.8 Å². The molecule has 4 N–H and O–H groups in total. The molecule has 3 atom stereocenters. The van der Waals surface area contributed by atoms with E-state index in [2.05, 4.69) is 5.32 Å². The Morgan fingerprint density at radius 2 is 2.24 bits per heavy atom. The van der Waals surface area contributed by atoms with Gasteiger partial charge in [-0.2, -0.15) is 0 Å². The Bertz CT molecular complexity index is 784. The molecule has 0 aliphatic carbocycles. The molecule has 2 aliphatic rings. The first-order valence-electron chi connectivity index (χ1n) is 7.37. The lowest BCUT2D eigenvalue weighted by atomic mass is 9.96. The van der Waals surface area contributed by atoms with Gasteiger partial charge >= 0.3 is 6.03 Å². The van der Waals surface area contributed by atoms with E-state index in [9.17, 15) is 14.0 Å². The average molecular weight is 368 g/mol. The summed E-state index contributed by atoms with van der Waals surface area (Å²) in [6, 6.07) is 5.01. The lowest BCUT2D eigenvalue weighted by molar-refractivity contribution is -0.0262. The molecule has 1 aromatic carbocycles. The number of nitrogens with two attached hydrogens (primary N) is 1. The third-order valence-electron chi connectivity index (χ3n) is 3.87. The summed E-state index contributed by atoms with van der Waals surface area (Å²) in [6.45, 7) is -0.275. The van der Waals surface area contributed by atoms with Crippen LogP contribution < -0.4 is 11.1 Å². The van der Waals surface area contributed by atoms with Crippen LogP contribution in [0, 0.1) is 0 Å². The maximum atomic E-state index is 14.6. The van der Waals surface area contributed by atoms with Gasteiger partial charge in [0.15, 0.2) is 12.1 Å². The van der Waals surface area contributed by atoms with E-state index in [4.69, 9.17) is 27.2 Å². The van der Waals surface area contributed by atoms with E-state index in [1.165, 1.54) is 24.3 Å². The second-order valence-corrected chi connectivity index (χ2v) is 6.03. The van der Waals surface area contributed by atoms with Gasteiger partial charge in [0.2, 0.25) is 11.4 Å². The van der Waals surface area contributed by atoms with E-state index < -0.39 is 35.6 Å². The van der Waals surface area contributed by atoms with Gasteiger partial charge in [0.05, 0.1) is 6.61 Å². The van der Waals surface area contributed by atoms with Gasteiger partial charge in [0.1, 0.15) is 6.10 Å². The molecule has 2 heterocycles. The number of aliphatic hydroxyl groups excluding tert-OH is 1. The topological polar surface area (TPSA) is 105 Å². The number of Topliss-reactive ketones (excluding diaryl/α,β-unsaturated/α-hetero) is 1. The van der Waals surface area contributed by atoms with Crippen molar-refractivity contribution in [3.8, 4) is 0 Å². The van der Waals surface area contributed by atoms with Crippen LogP contribution in [0.5, 0.6) is 0 Å². The molecule has 25 heavy (non-hydrogen) atoms. The van der Waals surface area contributed by atoms with Crippen LogP contribution in [0.2, 0.25) is 5.02 Å². The molecule has 2 amide bonds. The summed E-state index contributed by atoms with van der Waals surface area (Å²) in [5.41, 5.74) is 3.56. The number of halogens is 2. The molecule has 3 rings (SSSR count). The van der Waals surface area contributed by atoms with Crippen molar-refractivity contribution in [2.75, 3.05) is 6.61 Å². The molecule has 0 fully saturated rings. The van der Waals surface area contributed by atoms with Crippen molar-refractivity contribution in [3.63, 3.8) is 0 Å². The minimum Gasteiger partial charge on any atom is -0.393 e. The number of ether oxygens (including phenoxy) is 1. The molecule has 7 nitrogen and oxygen atoms in total. The van der Waals surface area contributed by atoms with Crippen molar-refractivity contribution in [1.29, 1.82) is 0 Å². The zero-order valence-corrected chi connectivity index (χ0v) is 13.6. The summed E-state index contributed by atoms with van der Waals surface area (Å²) in [6.07, 6.45) is 2.36. The minimum absolute atomic E-state index is 0.0599. The highest BCUT2D eigenvalue weighted by Crippen LogP contribution is 2.27. The molecule has 0 saturated heterocycles. The number of rotatable bonds is 4. The highest BCUT2D eigenvalue weighted by molar-refractivity contribution is 6.31. The van der Waals surface area contributed by atoms with Gasteiger partial charge in [-0.05, 0) is 18.2 Å². The minimum atomic E-state index is -2.34. The van der Waals surface area contributed by atoms with Crippen molar-refractivity contribution < 1.29 is 23.8 Å². The standard InChI is InChI=1S/C16H15ClFN3O4/c17-10-3-1-2-9(6-10)14(23)16(19)12(18)7-21(15(24)20-16)13-5-4-11(8-22)25-13/h1-7,11,13,22H,8,19H2,(H,20,24)/t11-,13+,16?/m0/s1. The molecule has 0 radical (unpaired) electrons. The Labute approximate surface area is 147 Å². The van der Waals surface area contributed by atoms with E-state index >= 15 is 0 Å². The lowest BCUT2D eigenvalue weighted by Crippen LogP contribution is -2.67. The van der Waals surface area contributed by atoms with Crippen LogP contribution in [0.15, 0.2) is 48.4 Å². The first kappa shape index (κ1) is 17.6. The molecular formula is C16H15ClFN3O4. The molecule has 0 spiro atoms. The van der Waals surface area contributed by atoms with Crippen LogP contribution in [0.3, 0.4) is 0 Å². The number of benzene rings is 1. The number of amides is 2. The molecule has 2 aliphatic heterocycles. The largest absolute Gasteiger partial charge is 0.393 e. The smallest absolute Gasteiger partial charge is 0.326 e. The number of nitrogens with zero attached hydrogens (tertiary/aromatic N) is 1. The van der Waals surface area contributed by atoms with E-state index in [1.54, 1.807) is 12.1 Å². The van der Waals surface area contributed by atoms with Gasteiger partial charge in [-0.3, -0.25) is 15.4 Å². The summed E-state index contributed by atoms with van der Waals surface area (Å²) in [5.74, 6) is -1.89. The van der Waals surface area contributed by atoms with Crippen LogP contribution in [0.4, 0.5) is 9.18 Å². The fraction of sp³-hybridized carbons (Fsp3) is 0.250. The van der Waals surface area contributed by atoms with E-state index in [0.717, 1.165) is 11.1 Å². The Hall–Kier alpha value is -2.26. The summed E-state index contributed by atoms with van der Waals surface area (Å²) in [4.78, 5) is 25.8. The van der Waals surface area contributed by atoms with E-state index in [1.807, 2.05) is 0 Å². The predicted molar refractivity (Wildman–Crippen MR) is 87.1 cm³/mol. The number of hydrogen-bond donors (Lipinski definition) is 3. The molecule has 1 unspecified atom stereocenters. The molecule has 0 saturated carbocycles. The number of aliphatic hydroxyl groups is 1. The number of urea groups is 1. The van der Waals surface area contributed by atoms with Crippen molar-refractivity contribution >= 4 is 23.4 Å². The van der Waals surface area contributed by atoms with Gasteiger partial charge in [-0.25, -0.2) is 9.18 Å². The van der Waals surface area contributed by atoms with Crippen LogP contribution in [0.25, 0.3) is 0 Å². The van der Waals surface area contributed by atoms with Crippen LogP contribution in [0.1, 0.15) is 10.4 Å². The molecule has 0 bridgehead atoms. The first-order chi connectivity index (χ1) is 11.8. The Morgan fingerprint density at radius 3 is 2.88 bits per heavy atom. The maximum absolute atomic E-state index is 14.6. The van der Waals surface area contributed by atoms with Gasteiger partial charge in [-0.15, -0.1) is 0 Å². The van der Waals surface area contributed by atoms with Crippen molar-refractivity contribution in [2.24, 2.45) is 5.73 Å². The van der Waals surface area contributed by atoms with Crippen LogP contribution >= 0.6 is 11.6 Å². The Balaban J connectivity index is 1.87. The van der Waals surface area contributed by atoms with Crippen molar-refractivity contribution in [1.82, 2.24) is 10.2 Å². The van der Waals surface area contributed by atoms with Crippen LogP contribution in [-0.4, -0.2) is 46.4 Å².